The first-order valence-electron chi connectivity index (χ1n) is 4.60. The van der Waals surface area contributed by atoms with Gasteiger partial charge in [0.2, 0.25) is 0 Å². The predicted molar refractivity (Wildman–Crippen MR) is 56.5 cm³/mol. The van der Waals surface area contributed by atoms with Crippen molar-refractivity contribution in [1.82, 2.24) is 0 Å². The number of hydrogen-bond donors (Lipinski definition) is 1. The van der Waals surface area contributed by atoms with E-state index >= 15 is 0 Å². The normalized spacial score (nSPS) is 11.8. The van der Waals surface area contributed by atoms with Gasteiger partial charge in [-0.05, 0) is 11.6 Å². The molecule has 1 unspecified atom stereocenters. The van der Waals surface area contributed by atoms with Crippen molar-refractivity contribution in [2.45, 2.75) is 18.9 Å². The van der Waals surface area contributed by atoms with Crippen LogP contribution >= 0.6 is 0 Å². The van der Waals surface area contributed by atoms with Crippen molar-refractivity contribution in [2.24, 2.45) is 5.73 Å². The van der Waals surface area contributed by atoms with Gasteiger partial charge in [0.25, 0.3) is 0 Å². The molecule has 0 bridgehead atoms. The molecule has 0 saturated carbocycles. The summed E-state index contributed by atoms with van der Waals surface area (Å²) in [5.74, 6) is 1.68. The first kappa shape index (κ1) is 11.4. The van der Waals surface area contributed by atoms with E-state index in [0.29, 0.717) is 5.56 Å². The Balaban J connectivity index is 2.67. The van der Waals surface area contributed by atoms with Gasteiger partial charge in [-0.25, -0.2) is 4.39 Å². The maximum atomic E-state index is 13.2. The Morgan fingerprint density at radius 3 is 2.80 bits per heavy atom. The highest BCUT2D eigenvalue weighted by atomic mass is 19.1. The van der Waals surface area contributed by atoms with Crippen LogP contribution in [0.15, 0.2) is 24.3 Å². The van der Waals surface area contributed by atoms with Gasteiger partial charge in [-0.3, -0.25) is 4.79 Å². The molecule has 0 heterocycles. The third-order valence-corrected chi connectivity index (χ3v) is 2.07. The number of rotatable bonds is 4. The van der Waals surface area contributed by atoms with E-state index in [1.165, 1.54) is 6.07 Å². The van der Waals surface area contributed by atoms with Crippen molar-refractivity contribution < 1.29 is 9.18 Å². The van der Waals surface area contributed by atoms with E-state index in [1.807, 2.05) is 0 Å². The number of halogens is 1. The minimum Gasteiger partial charge on any atom is -0.321 e. The molecule has 0 fully saturated rings. The molecule has 2 nitrogen and oxygen atoms in total. The quantitative estimate of drug-likeness (QED) is 0.752. The molecular formula is C12H12FNO. The average molecular weight is 205 g/mol. The van der Waals surface area contributed by atoms with E-state index < -0.39 is 11.9 Å². The van der Waals surface area contributed by atoms with Crippen LogP contribution in [0.2, 0.25) is 0 Å². The lowest BCUT2D eigenvalue weighted by molar-refractivity contribution is -0.119. The van der Waals surface area contributed by atoms with Gasteiger partial charge in [0, 0.05) is 12.8 Å². The molecule has 3 heteroatoms. The number of hydrogen-bond acceptors (Lipinski definition) is 2. The maximum absolute atomic E-state index is 13.2. The molecule has 0 aromatic heterocycles. The van der Waals surface area contributed by atoms with Crippen LogP contribution in [0.25, 0.3) is 0 Å². The Hall–Kier alpha value is -1.66. The minimum absolute atomic E-state index is 0.00444. The van der Waals surface area contributed by atoms with Crippen molar-refractivity contribution in [3.05, 3.63) is 35.6 Å². The van der Waals surface area contributed by atoms with Crippen LogP contribution in [0.5, 0.6) is 0 Å². The molecule has 0 aliphatic heterocycles. The molecule has 0 spiro atoms. The largest absolute Gasteiger partial charge is 0.321 e. The van der Waals surface area contributed by atoms with Crippen LogP contribution in [0.3, 0.4) is 0 Å². The zero-order valence-electron chi connectivity index (χ0n) is 8.24. The standard InChI is InChI=1S/C12H12FNO/c1-2-5-11(14)12(15)8-9-6-3-4-7-10(9)13/h1,3-4,6-7,11H,5,8,14H2. The molecule has 2 N–H and O–H groups in total. The van der Waals surface area contributed by atoms with Gasteiger partial charge >= 0.3 is 0 Å². The number of benzene rings is 1. The van der Waals surface area contributed by atoms with Crippen LogP contribution in [0.4, 0.5) is 4.39 Å². The minimum atomic E-state index is -0.699. The summed E-state index contributed by atoms with van der Waals surface area (Å²) >= 11 is 0. The first-order valence-corrected chi connectivity index (χ1v) is 4.60. The van der Waals surface area contributed by atoms with E-state index in [4.69, 9.17) is 12.2 Å². The zero-order valence-corrected chi connectivity index (χ0v) is 8.24. The summed E-state index contributed by atoms with van der Waals surface area (Å²) in [6, 6.07) is 5.43. The fraction of sp³-hybridized carbons (Fsp3) is 0.250. The summed E-state index contributed by atoms with van der Waals surface area (Å²) in [6.45, 7) is 0. The molecule has 1 rings (SSSR count). The Morgan fingerprint density at radius 1 is 1.53 bits per heavy atom. The van der Waals surface area contributed by atoms with Gasteiger partial charge < -0.3 is 5.73 Å². The maximum Gasteiger partial charge on any atom is 0.154 e. The van der Waals surface area contributed by atoms with Gasteiger partial charge in [-0.15, -0.1) is 12.3 Å². The molecule has 0 aliphatic rings. The predicted octanol–water partition coefficient (Wildman–Crippen LogP) is 1.29. The second kappa shape index (κ2) is 5.28. The van der Waals surface area contributed by atoms with Gasteiger partial charge in [-0.2, -0.15) is 0 Å². The molecule has 0 aliphatic carbocycles. The van der Waals surface area contributed by atoms with E-state index in [9.17, 15) is 9.18 Å². The number of terminal acetylenes is 1. The SMILES string of the molecule is C#CCC(N)C(=O)Cc1ccccc1F. The third-order valence-electron chi connectivity index (χ3n) is 2.07. The highest BCUT2D eigenvalue weighted by Gasteiger charge is 2.14. The number of carbonyl (C=O) groups is 1. The Labute approximate surface area is 88.3 Å². The van der Waals surface area contributed by atoms with Gasteiger partial charge in [-0.1, -0.05) is 18.2 Å². The lowest BCUT2D eigenvalue weighted by Gasteiger charge is -2.07. The number of ketones is 1. The Morgan fingerprint density at radius 2 is 2.20 bits per heavy atom. The summed E-state index contributed by atoms with van der Waals surface area (Å²) in [4.78, 5) is 11.5. The summed E-state index contributed by atoms with van der Waals surface area (Å²) < 4.78 is 13.2. The first-order chi connectivity index (χ1) is 7.15. The number of nitrogens with two attached hydrogens (primary N) is 1. The molecule has 0 radical (unpaired) electrons. The van der Waals surface area contributed by atoms with Crippen LogP contribution in [0, 0.1) is 18.2 Å². The summed E-state index contributed by atoms with van der Waals surface area (Å²) in [6.07, 6.45) is 5.22. The summed E-state index contributed by atoms with van der Waals surface area (Å²) in [7, 11) is 0. The van der Waals surface area contributed by atoms with Crippen molar-refractivity contribution in [3.8, 4) is 12.3 Å². The molecule has 1 atom stereocenters. The topological polar surface area (TPSA) is 43.1 Å². The molecule has 1 aromatic rings. The summed E-state index contributed by atoms with van der Waals surface area (Å²) in [5.41, 5.74) is 5.87. The third kappa shape index (κ3) is 3.19. The number of carbonyl (C=O) groups excluding carboxylic acids is 1. The second-order valence-corrected chi connectivity index (χ2v) is 3.25. The summed E-state index contributed by atoms with van der Waals surface area (Å²) in [5, 5.41) is 0. The Kier molecular flexibility index (Phi) is 4.02. The molecule has 1 aromatic carbocycles. The van der Waals surface area contributed by atoms with E-state index in [1.54, 1.807) is 18.2 Å². The van der Waals surface area contributed by atoms with Crippen molar-refractivity contribution in [2.75, 3.05) is 0 Å². The highest BCUT2D eigenvalue weighted by molar-refractivity contribution is 5.86. The molecular weight excluding hydrogens is 193 g/mol. The van der Waals surface area contributed by atoms with Crippen molar-refractivity contribution >= 4 is 5.78 Å². The monoisotopic (exact) mass is 205 g/mol. The lowest BCUT2D eigenvalue weighted by atomic mass is 10.0. The van der Waals surface area contributed by atoms with Crippen LogP contribution < -0.4 is 5.73 Å². The van der Waals surface area contributed by atoms with Gasteiger partial charge in [0.1, 0.15) is 5.82 Å². The van der Waals surface area contributed by atoms with E-state index in [0.717, 1.165) is 0 Å². The highest BCUT2D eigenvalue weighted by Crippen LogP contribution is 2.08. The van der Waals surface area contributed by atoms with Crippen LogP contribution in [0.1, 0.15) is 12.0 Å². The lowest BCUT2D eigenvalue weighted by Crippen LogP contribution is -2.31. The van der Waals surface area contributed by atoms with Crippen molar-refractivity contribution in [3.63, 3.8) is 0 Å². The van der Waals surface area contributed by atoms with E-state index in [-0.39, 0.29) is 18.6 Å². The Bertz CT molecular complexity index is 395. The molecule has 15 heavy (non-hydrogen) atoms. The smallest absolute Gasteiger partial charge is 0.154 e. The van der Waals surface area contributed by atoms with E-state index in [2.05, 4.69) is 5.92 Å². The molecule has 78 valence electrons. The second-order valence-electron chi connectivity index (χ2n) is 3.25. The van der Waals surface area contributed by atoms with Crippen molar-refractivity contribution in [1.29, 1.82) is 0 Å². The van der Waals surface area contributed by atoms with Crippen LogP contribution in [-0.4, -0.2) is 11.8 Å². The average Bonchev–Trinajstić information content (AvgIpc) is 2.21. The van der Waals surface area contributed by atoms with Gasteiger partial charge in [0.15, 0.2) is 5.78 Å². The molecule has 0 amide bonds. The van der Waals surface area contributed by atoms with Crippen LogP contribution in [-0.2, 0) is 11.2 Å². The fourth-order valence-electron chi connectivity index (χ4n) is 1.20. The fourth-order valence-corrected chi connectivity index (χ4v) is 1.20. The zero-order chi connectivity index (χ0) is 11.3. The molecule has 0 saturated heterocycles. The van der Waals surface area contributed by atoms with Gasteiger partial charge in [0.05, 0.1) is 6.04 Å². The number of Topliss-reactive ketones (excluding diaryl/α,β-unsaturated/α-hetero) is 1.